The van der Waals surface area contributed by atoms with Crippen LogP contribution in [0.15, 0.2) is 66.7 Å². The van der Waals surface area contributed by atoms with Crippen LogP contribution in [-0.2, 0) is 6.42 Å². The number of ether oxygens (including phenoxy) is 2. The molecule has 1 atom stereocenters. The zero-order valence-electron chi connectivity index (χ0n) is 17.9. The summed E-state index contributed by atoms with van der Waals surface area (Å²) in [4.78, 5) is 18.6. The second kappa shape index (κ2) is 8.24. The Labute approximate surface area is 191 Å². The van der Waals surface area contributed by atoms with Gasteiger partial charge in [0.05, 0.1) is 7.11 Å². The molecule has 32 heavy (non-hydrogen) atoms. The number of aromatic amines is 1. The number of amides is 1. The van der Waals surface area contributed by atoms with E-state index < -0.39 is 0 Å². The first-order valence-corrected chi connectivity index (χ1v) is 10.9. The second-order valence-electron chi connectivity index (χ2n) is 8.01. The lowest BCUT2D eigenvalue weighted by Gasteiger charge is -2.35. The molecule has 0 unspecified atom stereocenters. The quantitative estimate of drug-likeness (QED) is 0.402. The van der Waals surface area contributed by atoms with E-state index in [4.69, 9.17) is 21.1 Å². The topological polar surface area (TPSA) is 54.6 Å². The van der Waals surface area contributed by atoms with Gasteiger partial charge >= 0.3 is 6.09 Å². The van der Waals surface area contributed by atoms with E-state index in [0.29, 0.717) is 23.7 Å². The molecular formula is C26H23ClN2O3. The molecule has 1 amide bonds. The van der Waals surface area contributed by atoms with Crippen molar-refractivity contribution in [3.63, 3.8) is 0 Å². The number of rotatable bonds is 3. The van der Waals surface area contributed by atoms with Crippen LogP contribution in [0, 0.1) is 6.92 Å². The molecule has 0 bridgehead atoms. The second-order valence-corrected chi connectivity index (χ2v) is 8.44. The third-order valence-corrected chi connectivity index (χ3v) is 6.22. The number of nitrogens with zero attached hydrogens (tertiary/aromatic N) is 1. The van der Waals surface area contributed by atoms with E-state index in [2.05, 4.69) is 4.98 Å². The van der Waals surface area contributed by atoms with Crippen LogP contribution in [0.5, 0.6) is 11.5 Å². The average Bonchev–Trinajstić information content (AvgIpc) is 3.18. The molecule has 0 aliphatic carbocycles. The molecule has 162 valence electrons. The van der Waals surface area contributed by atoms with Crippen LogP contribution in [-0.4, -0.2) is 29.6 Å². The maximum absolute atomic E-state index is 13.3. The minimum absolute atomic E-state index is 0.311. The fourth-order valence-electron chi connectivity index (χ4n) is 4.36. The van der Waals surface area contributed by atoms with Gasteiger partial charge in [0.25, 0.3) is 0 Å². The summed E-state index contributed by atoms with van der Waals surface area (Å²) >= 11 is 6.27. The fraction of sp³-hybridized carbons (Fsp3) is 0.192. The summed E-state index contributed by atoms with van der Waals surface area (Å²) in [6.45, 7) is 2.54. The Morgan fingerprint density at radius 2 is 1.75 bits per heavy atom. The number of fused-ring (bicyclic) bond motifs is 3. The van der Waals surface area contributed by atoms with E-state index in [9.17, 15) is 4.79 Å². The molecule has 1 aliphatic rings. The number of benzene rings is 3. The molecule has 0 saturated carbocycles. The molecule has 1 aromatic heterocycles. The standard InChI is InChI=1S/C26H23ClN2O3/c1-16-3-8-20(9-4-16)32-26(30)29-14-13-21-22-15-18(27)7-12-23(22)28-24(21)25(29)17-5-10-19(31-2)11-6-17/h3-12,15,25,28H,13-14H2,1-2H3/t25-/m0/s1. The summed E-state index contributed by atoms with van der Waals surface area (Å²) in [6.07, 6.45) is 0.336. The Morgan fingerprint density at radius 3 is 2.47 bits per heavy atom. The van der Waals surface area contributed by atoms with Crippen LogP contribution >= 0.6 is 11.6 Å². The van der Waals surface area contributed by atoms with Crippen LogP contribution in [0.1, 0.15) is 28.4 Å². The lowest BCUT2D eigenvalue weighted by molar-refractivity contribution is 0.135. The van der Waals surface area contributed by atoms with Crippen molar-refractivity contribution in [2.24, 2.45) is 0 Å². The van der Waals surface area contributed by atoms with E-state index in [1.54, 1.807) is 12.0 Å². The number of hydrogen-bond acceptors (Lipinski definition) is 3. The van der Waals surface area contributed by atoms with Crippen molar-refractivity contribution in [3.05, 3.63) is 94.1 Å². The Balaban J connectivity index is 1.57. The molecular weight excluding hydrogens is 424 g/mol. The molecule has 5 nitrogen and oxygen atoms in total. The highest BCUT2D eigenvalue weighted by Crippen LogP contribution is 2.39. The predicted octanol–water partition coefficient (Wildman–Crippen LogP) is 6.28. The van der Waals surface area contributed by atoms with Crippen molar-refractivity contribution in [1.82, 2.24) is 9.88 Å². The molecule has 2 heterocycles. The van der Waals surface area contributed by atoms with Gasteiger partial charge in [-0.3, -0.25) is 4.90 Å². The number of nitrogens with one attached hydrogen (secondary N) is 1. The van der Waals surface area contributed by atoms with E-state index in [-0.39, 0.29) is 12.1 Å². The first-order chi connectivity index (χ1) is 15.5. The highest BCUT2D eigenvalue weighted by molar-refractivity contribution is 6.31. The van der Waals surface area contributed by atoms with E-state index in [1.165, 1.54) is 5.56 Å². The lowest BCUT2D eigenvalue weighted by atomic mass is 9.92. The summed E-state index contributed by atoms with van der Waals surface area (Å²) in [7, 11) is 1.64. The molecule has 0 radical (unpaired) electrons. The monoisotopic (exact) mass is 446 g/mol. The molecule has 5 rings (SSSR count). The van der Waals surface area contributed by atoms with Crippen molar-refractivity contribution in [3.8, 4) is 11.5 Å². The van der Waals surface area contributed by atoms with Gasteiger partial charge in [-0.05, 0) is 66.9 Å². The van der Waals surface area contributed by atoms with Crippen LogP contribution in [0.25, 0.3) is 10.9 Å². The third kappa shape index (κ3) is 3.69. The highest BCUT2D eigenvalue weighted by atomic mass is 35.5. The molecule has 1 aliphatic heterocycles. The molecule has 0 saturated heterocycles. The predicted molar refractivity (Wildman–Crippen MR) is 126 cm³/mol. The Bertz CT molecular complexity index is 1280. The van der Waals surface area contributed by atoms with Gasteiger partial charge in [-0.2, -0.15) is 0 Å². The normalized spacial score (nSPS) is 15.5. The van der Waals surface area contributed by atoms with Gasteiger partial charge in [0.15, 0.2) is 0 Å². The summed E-state index contributed by atoms with van der Waals surface area (Å²) in [5.74, 6) is 1.30. The van der Waals surface area contributed by atoms with Crippen molar-refractivity contribution >= 4 is 28.6 Å². The molecule has 6 heteroatoms. The minimum Gasteiger partial charge on any atom is -0.497 e. The highest BCUT2D eigenvalue weighted by Gasteiger charge is 2.35. The SMILES string of the molecule is COc1ccc([C@H]2c3[nH]c4ccc(Cl)cc4c3CCN2C(=O)Oc2ccc(C)cc2)cc1. The van der Waals surface area contributed by atoms with Gasteiger partial charge in [-0.25, -0.2) is 4.79 Å². The van der Waals surface area contributed by atoms with Crippen LogP contribution in [0.2, 0.25) is 5.02 Å². The van der Waals surface area contributed by atoms with Gasteiger partial charge in [-0.1, -0.05) is 41.4 Å². The number of H-pyrrole nitrogens is 1. The fourth-order valence-corrected chi connectivity index (χ4v) is 4.53. The Kier molecular flexibility index (Phi) is 5.27. The van der Waals surface area contributed by atoms with Gasteiger partial charge < -0.3 is 14.5 Å². The Hall–Kier alpha value is -3.44. The summed E-state index contributed by atoms with van der Waals surface area (Å²) in [5.41, 5.74) is 5.26. The summed E-state index contributed by atoms with van der Waals surface area (Å²) < 4.78 is 11.1. The number of halogens is 1. The zero-order chi connectivity index (χ0) is 22.2. The smallest absolute Gasteiger partial charge is 0.416 e. The van der Waals surface area contributed by atoms with Crippen molar-refractivity contribution in [2.75, 3.05) is 13.7 Å². The van der Waals surface area contributed by atoms with E-state index >= 15 is 0 Å². The van der Waals surface area contributed by atoms with Gasteiger partial charge in [-0.15, -0.1) is 0 Å². The molecule has 3 aromatic carbocycles. The van der Waals surface area contributed by atoms with Crippen LogP contribution in [0.4, 0.5) is 4.79 Å². The number of aromatic nitrogens is 1. The zero-order valence-corrected chi connectivity index (χ0v) is 18.6. The number of carbonyl (C=O) groups is 1. The van der Waals surface area contributed by atoms with E-state index in [0.717, 1.165) is 33.5 Å². The van der Waals surface area contributed by atoms with Crippen molar-refractivity contribution in [2.45, 2.75) is 19.4 Å². The van der Waals surface area contributed by atoms with Crippen molar-refractivity contribution in [1.29, 1.82) is 0 Å². The van der Waals surface area contributed by atoms with Gasteiger partial charge in [0, 0.05) is 28.2 Å². The number of hydrogen-bond donors (Lipinski definition) is 1. The Morgan fingerprint density at radius 1 is 1.03 bits per heavy atom. The molecule has 0 spiro atoms. The lowest BCUT2D eigenvalue weighted by Crippen LogP contribution is -2.42. The number of aryl methyl sites for hydroxylation is 1. The third-order valence-electron chi connectivity index (χ3n) is 5.98. The maximum atomic E-state index is 13.3. The maximum Gasteiger partial charge on any atom is 0.416 e. The van der Waals surface area contributed by atoms with Gasteiger partial charge in [0.2, 0.25) is 0 Å². The molecule has 4 aromatic rings. The van der Waals surface area contributed by atoms with E-state index in [1.807, 2.05) is 73.7 Å². The summed E-state index contributed by atoms with van der Waals surface area (Å²) in [6, 6.07) is 20.8. The molecule has 0 fully saturated rings. The number of carbonyl (C=O) groups excluding carboxylic acids is 1. The molecule has 1 N–H and O–H groups in total. The van der Waals surface area contributed by atoms with Crippen LogP contribution in [0.3, 0.4) is 0 Å². The minimum atomic E-state index is -0.378. The first-order valence-electron chi connectivity index (χ1n) is 10.5. The van der Waals surface area contributed by atoms with Crippen LogP contribution < -0.4 is 9.47 Å². The largest absolute Gasteiger partial charge is 0.497 e. The first kappa shape index (κ1) is 20.5. The average molecular weight is 447 g/mol. The number of methoxy groups -OCH3 is 1. The van der Waals surface area contributed by atoms with Gasteiger partial charge in [0.1, 0.15) is 17.5 Å². The summed E-state index contributed by atoms with van der Waals surface area (Å²) in [5, 5.41) is 1.79. The van der Waals surface area contributed by atoms with Crippen molar-refractivity contribution < 1.29 is 14.3 Å².